The summed E-state index contributed by atoms with van der Waals surface area (Å²) in [6.07, 6.45) is 3.44. The van der Waals surface area contributed by atoms with Crippen molar-refractivity contribution in [3.05, 3.63) is 10.6 Å². The monoisotopic (exact) mass is 296 g/mol. The van der Waals surface area contributed by atoms with Gasteiger partial charge >= 0.3 is 0 Å². The van der Waals surface area contributed by atoms with E-state index < -0.39 is 0 Å². The van der Waals surface area contributed by atoms with E-state index in [0.717, 1.165) is 26.1 Å². The average molecular weight is 296 g/mol. The minimum atomic E-state index is 0.598. The van der Waals surface area contributed by atoms with Crippen LogP contribution in [0.25, 0.3) is 0 Å². The van der Waals surface area contributed by atoms with Gasteiger partial charge in [0.05, 0.1) is 5.69 Å². The predicted molar refractivity (Wildman–Crippen MR) is 87.8 cm³/mol. The molecule has 1 saturated heterocycles. The first-order valence-corrected chi connectivity index (χ1v) is 8.59. The van der Waals surface area contributed by atoms with Crippen molar-refractivity contribution in [2.24, 2.45) is 0 Å². The van der Waals surface area contributed by atoms with Gasteiger partial charge in [0.2, 0.25) is 0 Å². The third kappa shape index (κ3) is 3.51. The van der Waals surface area contributed by atoms with Crippen molar-refractivity contribution < 1.29 is 0 Å². The van der Waals surface area contributed by atoms with Gasteiger partial charge in [0.25, 0.3) is 0 Å². The van der Waals surface area contributed by atoms with Gasteiger partial charge in [-0.1, -0.05) is 13.8 Å². The van der Waals surface area contributed by atoms with Crippen molar-refractivity contribution >= 4 is 16.5 Å². The number of rotatable bonds is 5. The van der Waals surface area contributed by atoms with Crippen molar-refractivity contribution in [2.45, 2.75) is 45.7 Å². The number of aryl methyl sites for hydroxylation is 1. The SMILES string of the molecule is CCc1nc(N2CCCN(C)CC2CC)sc1CNC. The van der Waals surface area contributed by atoms with Gasteiger partial charge in [-0.25, -0.2) is 4.98 Å². The lowest BCUT2D eigenvalue weighted by atomic mass is 10.2. The van der Waals surface area contributed by atoms with Crippen LogP contribution in [0.5, 0.6) is 0 Å². The number of thiazole rings is 1. The minimum Gasteiger partial charge on any atom is -0.344 e. The summed E-state index contributed by atoms with van der Waals surface area (Å²) in [5, 5.41) is 4.49. The second kappa shape index (κ2) is 7.38. The molecule has 0 spiro atoms. The van der Waals surface area contributed by atoms with Gasteiger partial charge in [-0.2, -0.15) is 0 Å². The second-order valence-electron chi connectivity index (χ2n) is 5.62. The first kappa shape index (κ1) is 15.7. The summed E-state index contributed by atoms with van der Waals surface area (Å²) >= 11 is 1.88. The van der Waals surface area contributed by atoms with E-state index >= 15 is 0 Å². The quantitative estimate of drug-likeness (QED) is 0.904. The molecule has 0 aromatic carbocycles. The Morgan fingerprint density at radius 1 is 1.35 bits per heavy atom. The van der Waals surface area contributed by atoms with E-state index in [-0.39, 0.29) is 0 Å². The van der Waals surface area contributed by atoms with E-state index in [1.54, 1.807) is 0 Å². The second-order valence-corrected chi connectivity index (χ2v) is 6.68. The minimum absolute atomic E-state index is 0.598. The summed E-state index contributed by atoms with van der Waals surface area (Å²) in [7, 11) is 4.24. The molecular formula is C15H28N4S. The van der Waals surface area contributed by atoms with Crippen LogP contribution in [0.2, 0.25) is 0 Å². The lowest BCUT2D eigenvalue weighted by Gasteiger charge is -2.29. The molecule has 1 N–H and O–H groups in total. The lowest BCUT2D eigenvalue weighted by Crippen LogP contribution is -2.39. The van der Waals surface area contributed by atoms with E-state index in [2.05, 4.69) is 36.0 Å². The molecule has 1 aromatic rings. The molecule has 1 aliphatic rings. The number of hydrogen-bond acceptors (Lipinski definition) is 5. The molecule has 1 unspecified atom stereocenters. The van der Waals surface area contributed by atoms with Gasteiger partial charge in [-0.3, -0.25) is 0 Å². The Morgan fingerprint density at radius 2 is 2.15 bits per heavy atom. The summed E-state index contributed by atoms with van der Waals surface area (Å²) < 4.78 is 0. The van der Waals surface area contributed by atoms with Crippen LogP contribution in [-0.4, -0.2) is 49.7 Å². The standard InChI is InChI=1S/C15H28N4S/c1-5-12-11-18(4)8-7-9-19(12)15-17-13(6-2)14(20-15)10-16-3/h12,16H,5-11H2,1-4H3. The van der Waals surface area contributed by atoms with Gasteiger partial charge in [0.1, 0.15) is 0 Å². The highest BCUT2D eigenvalue weighted by molar-refractivity contribution is 7.15. The molecule has 0 radical (unpaired) electrons. The molecule has 1 fully saturated rings. The Hall–Kier alpha value is -0.650. The Morgan fingerprint density at radius 3 is 2.80 bits per heavy atom. The topological polar surface area (TPSA) is 31.4 Å². The van der Waals surface area contributed by atoms with E-state index in [0.29, 0.717) is 6.04 Å². The number of nitrogens with zero attached hydrogens (tertiary/aromatic N) is 3. The van der Waals surface area contributed by atoms with Gasteiger partial charge in [-0.15, -0.1) is 11.3 Å². The molecule has 1 aromatic heterocycles. The van der Waals surface area contributed by atoms with E-state index in [4.69, 9.17) is 4.98 Å². The van der Waals surface area contributed by atoms with E-state index in [1.807, 2.05) is 18.4 Å². The molecule has 0 bridgehead atoms. The summed E-state index contributed by atoms with van der Waals surface area (Å²) in [4.78, 5) is 11.3. The van der Waals surface area contributed by atoms with Crippen LogP contribution in [0.1, 0.15) is 37.3 Å². The van der Waals surface area contributed by atoms with Crippen molar-refractivity contribution in [1.29, 1.82) is 0 Å². The highest BCUT2D eigenvalue weighted by Crippen LogP contribution is 2.30. The molecule has 2 rings (SSSR count). The van der Waals surface area contributed by atoms with Gasteiger partial charge in [0.15, 0.2) is 5.13 Å². The maximum atomic E-state index is 4.92. The Kier molecular flexibility index (Phi) is 5.81. The molecule has 1 atom stereocenters. The Balaban J connectivity index is 2.23. The van der Waals surface area contributed by atoms with Gasteiger partial charge in [-0.05, 0) is 39.9 Å². The molecule has 5 heteroatoms. The lowest BCUT2D eigenvalue weighted by molar-refractivity contribution is 0.328. The van der Waals surface area contributed by atoms with Crippen LogP contribution in [0.3, 0.4) is 0 Å². The fraction of sp³-hybridized carbons (Fsp3) is 0.800. The Labute approximate surface area is 127 Å². The van der Waals surface area contributed by atoms with Crippen LogP contribution in [0, 0.1) is 0 Å². The van der Waals surface area contributed by atoms with Crippen molar-refractivity contribution in [1.82, 2.24) is 15.2 Å². The highest BCUT2D eigenvalue weighted by atomic mass is 32.1. The number of aromatic nitrogens is 1. The van der Waals surface area contributed by atoms with Crippen molar-refractivity contribution in [3.8, 4) is 0 Å². The zero-order chi connectivity index (χ0) is 14.5. The first-order chi connectivity index (χ1) is 9.69. The van der Waals surface area contributed by atoms with Crippen LogP contribution >= 0.6 is 11.3 Å². The molecule has 0 aliphatic carbocycles. The zero-order valence-electron chi connectivity index (χ0n) is 13.3. The molecule has 114 valence electrons. The fourth-order valence-electron chi connectivity index (χ4n) is 2.91. The summed E-state index contributed by atoms with van der Waals surface area (Å²) in [5.74, 6) is 0. The smallest absolute Gasteiger partial charge is 0.186 e. The van der Waals surface area contributed by atoms with Gasteiger partial charge < -0.3 is 15.1 Å². The van der Waals surface area contributed by atoms with Crippen LogP contribution in [-0.2, 0) is 13.0 Å². The summed E-state index contributed by atoms with van der Waals surface area (Å²) in [6, 6.07) is 0.598. The van der Waals surface area contributed by atoms with E-state index in [1.165, 1.54) is 35.1 Å². The third-order valence-corrected chi connectivity index (χ3v) is 5.19. The summed E-state index contributed by atoms with van der Waals surface area (Å²) in [6.45, 7) is 8.91. The van der Waals surface area contributed by atoms with E-state index in [9.17, 15) is 0 Å². The average Bonchev–Trinajstić information content (AvgIpc) is 2.74. The largest absolute Gasteiger partial charge is 0.344 e. The number of hydrogen-bond donors (Lipinski definition) is 1. The fourth-order valence-corrected chi connectivity index (χ4v) is 4.17. The molecule has 0 amide bonds. The third-order valence-electron chi connectivity index (χ3n) is 4.06. The predicted octanol–water partition coefficient (Wildman–Crippen LogP) is 2.35. The molecule has 2 heterocycles. The normalized spacial score (nSPS) is 21.2. The number of nitrogens with one attached hydrogen (secondary N) is 1. The summed E-state index contributed by atoms with van der Waals surface area (Å²) in [5.41, 5.74) is 1.27. The van der Waals surface area contributed by atoms with Gasteiger partial charge in [0, 0.05) is 30.6 Å². The Bertz CT molecular complexity index is 418. The maximum Gasteiger partial charge on any atom is 0.186 e. The molecule has 0 saturated carbocycles. The highest BCUT2D eigenvalue weighted by Gasteiger charge is 2.25. The molecule has 20 heavy (non-hydrogen) atoms. The maximum absolute atomic E-state index is 4.92. The van der Waals surface area contributed by atoms with Crippen LogP contribution in [0.15, 0.2) is 0 Å². The van der Waals surface area contributed by atoms with Crippen LogP contribution < -0.4 is 10.2 Å². The van der Waals surface area contributed by atoms with Crippen LogP contribution in [0.4, 0.5) is 5.13 Å². The van der Waals surface area contributed by atoms with Crippen molar-refractivity contribution in [3.63, 3.8) is 0 Å². The molecular weight excluding hydrogens is 268 g/mol. The molecule has 4 nitrogen and oxygen atoms in total. The number of likely N-dealkylation sites (N-methyl/N-ethyl adjacent to an activating group) is 1. The zero-order valence-corrected chi connectivity index (χ0v) is 14.1. The first-order valence-electron chi connectivity index (χ1n) is 7.77. The number of anilines is 1. The van der Waals surface area contributed by atoms with Crippen molar-refractivity contribution in [2.75, 3.05) is 38.6 Å². The molecule has 1 aliphatic heterocycles.